The van der Waals surface area contributed by atoms with Crippen molar-refractivity contribution in [3.05, 3.63) is 65.7 Å². The predicted octanol–water partition coefficient (Wildman–Crippen LogP) is 6.16. The molecule has 0 amide bonds. The molecular formula is C15H7Cl2F4Zr-. The summed E-state index contributed by atoms with van der Waals surface area (Å²) in [4.78, 5) is 0. The summed E-state index contributed by atoms with van der Waals surface area (Å²) >= 11 is -0.826. The van der Waals surface area contributed by atoms with E-state index in [4.69, 9.17) is 17.0 Å². The van der Waals surface area contributed by atoms with Gasteiger partial charge in [-0.05, 0) is 11.6 Å². The first-order valence-electron chi connectivity index (χ1n) is 5.94. The number of fused-ring (bicyclic) bond motifs is 1. The van der Waals surface area contributed by atoms with E-state index in [0.717, 1.165) is 10.8 Å². The first-order chi connectivity index (χ1) is 10.5. The maximum atomic E-state index is 13.7. The fraction of sp³-hybridized carbons (Fsp3) is 0. The fourth-order valence-corrected chi connectivity index (χ4v) is 2.09. The minimum atomic E-state index is -1.79. The van der Waals surface area contributed by atoms with Gasteiger partial charge in [-0.25, -0.2) is 17.6 Å². The molecule has 0 atom stereocenters. The number of halogens is 6. The van der Waals surface area contributed by atoms with Crippen LogP contribution in [0.4, 0.5) is 17.6 Å². The molecule has 0 heterocycles. The predicted molar refractivity (Wildman–Crippen MR) is 76.5 cm³/mol. The van der Waals surface area contributed by atoms with Gasteiger partial charge in [0.1, 0.15) is 5.82 Å². The molecule has 0 nitrogen and oxygen atoms in total. The molecule has 0 saturated heterocycles. The molecule has 3 aromatic rings. The molecular weight excluding hydrogens is 418 g/mol. The van der Waals surface area contributed by atoms with E-state index in [1.807, 2.05) is 0 Å². The Labute approximate surface area is 142 Å². The standard InChI is InChI=1S/C15H7F4.2ClH.Zr/c16-12-7-11(13(17)15(19)14(12)18)10-5-8-3-1-2-4-9(8)6-10;;;/h1-7H;2*1H;/q-1;;;+2/p-2. The van der Waals surface area contributed by atoms with Crippen molar-refractivity contribution in [3.8, 4) is 11.1 Å². The third kappa shape index (κ3) is 3.58. The molecule has 3 aromatic carbocycles. The average Bonchev–Trinajstić information content (AvgIpc) is 2.93. The van der Waals surface area contributed by atoms with E-state index < -0.39 is 44.1 Å². The third-order valence-electron chi connectivity index (χ3n) is 3.03. The molecule has 0 unspecified atom stereocenters. The summed E-state index contributed by atoms with van der Waals surface area (Å²) < 4.78 is 53.0. The van der Waals surface area contributed by atoms with Gasteiger partial charge in [-0.2, -0.15) is 0 Å². The number of rotatable bonds is 1. The van der Waals surface area contributed by atoms with Gasteiger partial charge >= 0.3 is 37.9 Å². The molecule has 0 aliphatic heterocycles. The summed E-state index contributed by atoms with van der Waals surface area (Å²) in [6, 6.07) is 11.1. The molecule has 7 heteroatoms. The Bertz CT molecular complexity index is 769. The van der Waals surface area contributed by atoms with Crippen LogP contribution in [-0.2, 0) is 20.8 Å². The number of hydrogen-bond donors (Lipinski definition) is 0. The fourth-order valence-electron chi connectivity index (χ4n) is 2.09. The molecule has 0 aliphatic rings. The zero-order valence-corrected chi connectivity index (χ0v) is 14.8. The summed E-state index contributed by atoms with van der Waals surface area (Å²) in [5, 5.41) is 1.64. The zero-order valence-electron chi connectivity index (χ0n) is 10.8. The number of benzene rings is 2. The summed E-state index contributed by atoms with van der Waals surface area (Å²) in [5.41, 5.74) is 0.0316. The van der Waals surface area contributed by atoms with Gasteiger partial charge in [0, 0.05) is 0 Å². The van der Waals surface area contributed by atoms with Crippen LogP contribution in [0.1, 0.15) is 0 Å². The summed E-state index contributed by atoms with van der Waals surface area (Å²) in [6.07, 6.45) is 0. The van der Waals surface area contributed by atoms with Crippen LogP contribution < -0.4 is 0 Å². The second-order valence-corrected chi connectivity index (χ2v) is 8.02. The molecule has 0 aromatic heterocycles. The normalized spacial score (nSPS) is 10.3. The van der Waals surface area contributed by atoms with E-state index in [9.17, 15) is 17.6 Å². The molecule has 0 N–H and O–H groups in total. The van der Waals surface area contributed by atoms with Crippen LogP contribution >= 0.6 is 17.0 Å². The van der Waals surface area contributed by atoms with Crippen molar-refractivity contribution < 1.29 is 38.4 Å². The van der Waals surface area contributed by atoms with Crippen molar-refractivity contribution in [2.45, 2.75) is 0 Å². The van der Waals surface area contributed by atoms with Crippen LogP contribution in [0.3, 0.4) is 0 Å². The van der Waals surface area contributed by atoms with Gasteiger partial charge in [0.15, 0.2) is 17.5 Å². The summed E-state index contributed by atoms with van der Waals surface area (Å²) in [7, 11) is 9.87. The molecule has 3 rings (SSSR count). The van der Waals surface area contributed by atoms with Crippen molar-refractivity contribution in [1.82, 2.24) is 0 Å². The minimum absolute atomic E-state index is 0.285. The second-order valence-electron chi connectivity index (χ2n) is 4.29. The second kappa shape index (κ2) is 7.67. The van der Waals surface area contributed by atoms with E-state index in [2.05, 4.69) is 0 Å². The Hall–Kier alpha value is -0.767. The van der Waals surface area contributed by atoms with Crippen molar-refractivity contribution in [1.29, 1.82) is 0 Å². The first-order valence-corrected chi connectivity index (χ1v) is 12.3. The molecule has 0 radical (unpaired) electrons. The van der Waals surface area contributed by atoms with Crippen LogP contribution in [0.25, 0.3) is 21.9 Å². The van der Waals surface area contributed by atoms with Crippen LogP contribution in [0.15, 0.2) is 42.5 Å². The van der Waals surface area contributed by atoms with Crippen molar-refractivity contribution in [2.24, 2.45) is 0 Å². The molecule has 0 aliphatic carbocycles. The van der Waals surface area contributed by atoms with Crippen LogP contribution in [0.5, 0.6) is 0 Å². The van der Waals surface area contributed by atoms with Gasteiger partial charge in [0.2, 0.25) is 0 Å². The monoisotopic (exact) mass is 423 g/mol. The molecule has 22 heavy (non-hydrogen) atoms. The van der Waals surface area contributed by atoms with E-state index in [1.54, 1.807) is 36.4 Å². The van der Waals surface area contributed by atoms with Gasteiger partial charge in [0.25, 0.3) is 0 Å². The van der Waals surface area contributed by atoms with Gasteiger partial charge in [-0.3, -0.25) is 0 Å². The Morgan fingerprint density at radius 1 is 0.864 bits per heavy atom. The Morgan fingerprint density at radius 2 is 1.50 bits per heavy atom. The topological polar surface area (TPSA) is 0 Å². The van der Waals surface area contributed by atoms with E-state index >= 15 is 0 Å². The first kappa shape index (κ1) is 17.6. The average molecular weight is 425 g/mol. The maximum absolute atomic E-state index is 13.7. The van der Waals surface area contributed by atoms with Crippen molar-refractivity contribution in [2.75, 3.05) is 0 Å². The Morgan fingerprint density at radius 3 is 2.14 bits per heavy atom. The molecule has 0 fully saturated rings. The van der Waals surface area contributed by atoms with E-state index in [-0.39, 0.29) is 5.56 Å². The van der Waals surface area contributed by atoms with Crippen LogP contribution in [0.2, 0.25) is 0 Å². The van der Waals surface area contributed by atoms with Gasteiger partial charge in [-0.1, -0.05) is 18.2 Å². The third-order valence-corrected chi connectivity index (χ3v) is 3.03. The van der Waals surface area contributed by atoms with Gasteiger partial charge in [0.05, 0.1) is 0 Å². The summed E-state index contributed by atoms with van der Waals surface area (Å²) in [5.74, 6) is -6.37. The summed E-state index contributed by atoms with van der Waals surface area (Å²) in [6.45, 7) is 0. The van der Waals surface area contributed by atoms with Gasteiger partial charge in [-0.15, -0.1) is 34.5 Å². The molecule has 114 valence electrons. The molecule has 0 spiro atoms. The Balaban J connectivity index is 0.000000545. The van der Waals surface area contributed by atoms with Crippen molar-refractivity contribution >= 4 is 27.8 Å². The van der Waals surface area contributed by atoms with Crippen LogP contribution in [-0.4, -0.2) is 0 Å². The molecule has 0 bridgehead atoms. The van der Waals surface area contributed by atoms with Gasteiger partial charge < -0.3 is 0 Å². The SMILES string of the molecule is Fc1cc(-c2cc3ccccc3[cH-]2)c(F)c(F)c1F.[Cl][Zr][Cl]. The van der Waals surface area contributed by atoms with Crippen molar-refractivity contribution in [3.63, 3.8) is 0 Å². The van der Waals surface area contributed by atoms with E-state index in [0.29, 0.717) is 11.6 Å². The quantitative estimate of drug-likeness (QED) is 0.190. The molecule has 0 saturated carbocycles. The Kier molecular flexibility index (Phi) is 6.13. The van der Waals surface area contributed by atoms with Crippen LogP contribution in [0, 0.1) is 23.3 Å². The number of hydrogen-bond acceptors (Lipinski definition) is 0. The van der Waals surface area contributed by atoms with E-state index in [1.165, 1.54) is 0 Å². The zero-order chi connectivity index (χ0) is 16.3.